The zero-order valence-corrected chi connectivity index (χ0v) is 20.4. The Bertz CT molecular complexity index is 1400. The molecule has 0 aliphatic carbocycles. The van der Waals surface area contributed by atoms with Crippen molar-refractivity contribution in [2.45, 2.75) is 0 Å². The van der Waals surface area contributed by atoms with Gasteiger partial charge in [0.25, 0.3) is 0 Å². The number of rotatable bonds is 7. The molecule has 3 aromatic carbocycles. The smallest absolute Gasteiger partial charge is 0.399 e. The SMILES string of the molecule is CN(C)N=Nc1ccc(/C=C(/c2ccc(N)cc2)c2ccc(OS(N)(=O)=O)cc2)cc1.O=S(=O)=O. The molecule has 0 unspecified atom stereocenters. The summed E-state index contributed by atoms with van der Waals surface area (Å²) in [5.74, 6) is 0.138. The zero-order chi connectivity index (χ0) is 26.0. The van der Waals surface area contributed by atoms with Gasteiger partial charge in [-0.05, 0) is 64.7 Å². The minimum Gasteiger partial charge on any atom is -0.399 e. The topological polar surface area (TPSA) is 175 Å². The molecule has 0 aliphatic rings. The maximum atomic E-state index is 11.1. The van der Waals surface area contributed by atoms with Crippen molar-refractivity contribution in [3.05, 3.63) is 89.5 Å². The fourth-order valence-electron chi connectivity index (χ4n) is 2.77. The van der Waals surface area contributed by atoms with Crippen LogP contribution in [0.25, 0.3) is 11.6 Å². The van der Waals surface area contributed by atoms with Crippen LogP contribution in [0.4, 0.5) is 11.4 Å². The number of benzene rings is 3. The van der Waals surface area contributed by atoms with E-state index in [1.54, 1.807) is 43.4 Å². The minimum absolute atomic E-state index is 0.138. The van der Waals surface area contributed by atoms with Crippen molar-refractivity contribution in [2.24, 2.45) is 15.5 Å². The van der Waals surface area contributed by atoms with Gasteiger partial charge in [-0.3, -0.25) is 5.01 Å². The van der Waals surface area contributed by atoms with Gasteiger partial charge in [0.2, 0.25) is 0 Å². The summed E-state index contributed by atoms with van der Waals surface area (Å²) in [7, 11) is -3.58. The van der Waals surface area contributed by atoms with Crippen LogP contribution in [0.5, 0.6) is 5.75 Å². The third kappa shape index (κ3) is 10.2. The fourth-order valence-corrected chi connectivity index (χ4v) is 3.14. The van der Waals surface area contributed by atoms with Crippen molar-refractivity contribution in [1.82, 2.24) is 5.01 Å². The second-order valence-electron chi connectivity index (χ2n) is 7.11. The highest BCUT2D eigenvalue weighted by Crippen LogP contribution is 2.29. The molecule has 0 bridgehead atoms. The monoisotopic (exact) mass is 517 g/mol. The van der Waals surface area contributed by atoms with Crippen LogP contribution in [0.15, 0.2) is 83.1 Å². The molecule has 0 saturated heterocycles. The van der Waals surface area contributed by atoms with Gasteiger partial charge in [0.05, 0.1) is 5.69 Å². The van der Waals surface area contributed by atoms with Gasteiger partial charge in [-0.2, -0.15) is 13.6 Å². The third-order valence-electron chi connectivity index (χ3n) is 4.14. The molecule has 3 aromatic rings. The molecule has 0 spiro atoms. The molecule has 0 aromatic heterocycles. The lowest BCUT2D eigenvalue weighted by Crippen LogP contribution is -2.18. The number of nitrogens with zero attached hydrogens (tertiary/aromatic N) is 3. The van der Waals surface area contributed by atoms with Crippen molar-refractivity contribution in [1.29, 1.82) is 0 Å². The summed E-state index contributed by atoms with van der Waals surface area (Å²) in [6.07, 6.45) is 2.02. The summed E-state index contributed by atoms with van der Waals surface area (Å²) in [6.45, 7) is 0. The Morgan fingerprint density at radius 2 is 1.37 bits per heavy atom. The molecular weight excluding hydrogens is 494 g/mol. The zero-order valence-electron chi connectivity index (χ0n) is 18.8. The van der Waals surface area contributed by atoms with E-state index >= 15 is 0 Å². The van der Waals surface area contributed by atoms with Crippen molar-refractivity contribution in [3.8, 4) is 5.75 Å². The molecule has 0 saturated carbocycles. The van der Waals surface area contributed by atoms with Crippen molar-refractivity contribution in [3.63, 3.8) is 0 Å². The summed E-state index contributed by atoms with van der Waals surface area (Å²) in [4.78, 5) is 0. The molecule has 0 atom stereocenters. The van der Waals surface area contributed by atoms with E-state index in [1.165, 1.54) is 0 Å². The van der Waals surface area contributed by atoms with Gasteiger partial charge in [-0.15, -0.1) is 17.7 Å². The Labute approximate surface area is 204 Å². The van der Waals surface area contributed by atoms with Crippen LogP contribution in [0.3, 0.4) is 0 Å². The molecule has 3 rings (SSSR count). The number of nitrogens with two attached hydrogens (primary N) is 2. The van der Waals surface area contributed by atoms with Gasteiger partial charge in [0.15, 0.2) is 0 Å². The van der Waals surface area contributed by atoms with Crippen LogP contribution in [0.2, 0.25) is 0 Å². The summed E-state index contributed by atoms with van der Waals surface area (Å²) < 4.78 is 52.3. The van der Waals surface area contributed by atoms with Crippen LogP contribution in [-0.4, -0.2) is 40.1 Å². The first-order chi connectivity index (χ1) is 16.4. The van der Waals surface area contributed by atoms with E-state index < -0.39 is 20.9 Å². The first-order valence-corrected chi connectivity index (χ1v) is 12.3. The van der Waals surface area contributed by atoms with Crippen LogP contribution in [0, 0.1) is 0 Å². The van der Waals surface area contributed by atoms with Crippen LogP contribution < -0.4 is 15.1 Å². The molecule has 0 aliphatic heterocycles. The molecule has 35 heavy (non-hydrogen) atoms. The molecule has 13 heteroatoms. The van der Waals surface area contributed by atoms with Gasteiger partial charge in [0.1, 0.15) is 5.75 Å². The van der Waals surface area contributed by atoms with Crippen LogP contribution in [0.1, 0.15) is 16.7 Å². The first-order valence-electron chi connectivity index (χ1n) is 9.79. The maximum absolute atomic E-state index is 11.1. The van der Waals surface area contributed by atoms with Crippen molar-refractivity contribution >= 4 is 43.9 Å². The third-order valence-corrected chi connectivity index (χ3v) is 4.57. The summed E-state index contributed by atoms with van der Waals surface area (Å²) in [6, 6.07) is 21.8. The van der Waals surface area contributed by atoms with Gasteiger partial charge in [-0.1, -0.05) is 41.6 Å². The molecule has 0 radical (unpaired) electrons. The van der Waals surface area contributed by atoms with E-state index in [2.05, 4.69) is 10.3 Å². The average molecular weight is 518 g/mol. The van der Waals surface area contributed by atoms with E-state index in [0.717, 1.165) is 28.0 Å². The number of nitrogen functional groups attached to an aromatic ring is 1. The maximum Gasteiger partial charge on any atom is 0.425 e. The normalized spacial score (nSPS) is 11.5. The Morgan fingerprint density at radius 1 is 0.886 bits per heavy atom. The highest BCUT2D eigenvalue weighted by Gasteiger charge is 2.09. The largest absolute Gasteiger partial charge is 0.425 e. The standard InChI is InChI=1S/C22H23N5O3S.O3S/c1-27(2)26-25-20-11-3-16(4-12-20)15-22(17-5-9-19(23)10-6-17)18-7-13-21(14-8-18)30-31(24,28)29;1-4(2)3/h3-15H,23H2,1-2H3,(H2,24,28,29);/b22-15-,26-25?;. The second kappa shape index (κ2) is 12.4. The van der Waals surface area contributed by atoms with Crippen LogP contribution in [-0.2, 0) is 20.9 Å². The number of hydrogen-bond acceptors (Lipinski definition) is 9. The lowest BCUT2D eigenvalue weighted by Gasteiger charge is -2.11. The summed E-state index contributed by atoms with van der Waals surface area (Å²) in [5.41, 5.74) is 10.9. The average Bonchev–Trinajstić information content (AvgIpc) is 2.77. The Balaban J connectivity index is 0.00000100. The Morgan fingerprint density at radius 3 is 1.83 bits per heavy atom. The molecule has 0 fully saturated rings. The predicted octanol–water partition coefficient (Wildman–Crippen LogP) is 3.00. The van der Waals surface area contributed by atoms with Gasteiger partial charge < -0.3 is 9.92 Å². The summed E-state index contributed by atoms with van der Waals surface area (Å²) >= 11 is 0. The fraction of sp³-hybridized carbons (Fsp3) is 0.0909. The van der Waals surface area contributed by atoms with E-state index in [1.807, 2.05) is 54.6 Å². The van der Waals surface area contributed by atoms with E-state index in [0.29, 0.717) is 5.69 Å². The summed E-state index contributed by atoms with van der Waals surface area (Å²) in [5, 5.41) is 14.7. The van der Waals surface area contributed by atoms with E-state index in [9.17, 15) is 8.42 Å². The molecular formula is C22H23N5O6S2. The molecule has 0 heterocycles. The molecule has 184 valence electrons. The highest BCUT2D eigenvalue weighted by atomic mass is 32.2. The molecule has 11 nitrogen and oxygen atoms in total. The first kappa shape index (κ1) is 27.2. The second-order valence-corrected chi connectivity index (χ2v) is 8.67. The minimum atomic E-state index is -4.08. The van der Waals surface area contributed by atoms with Gasteiger partial charge >= 0.3 is 20.9 Å². The van der Waals surface area contributed by atoms with E-state index in [-0.39, 0.29) is 5.75 Å². The Kier molecular flexibility index (Phi) is 9.64. The predicted molar refractivity (Wildman–Crippen MR) is 132 cm³/mol. The van der Waals surface area contributed by atoms with E-state index in [4.69, 9.17) is 27.7 Å². The van der Waals surface area contributed by atoms with Crippen molar-refractivity contribution < 1.29 is 25.2 Å². The van der Waals surface area contributed by atoms with Crippen molar-refractivity contribution in [2.75, 3.05) is 19.8 Å². The quantitative estimate of drug-likeness (QED) is 0.208. The van der Waals surface area contributed by atoms with Crippen LogP contribution >= 0.6 is 0 Å². The molecule has 4 N–H and O–H groups in total. The molecule has 0 amide bonds. The van der Waals surface area contributed by atoms with Gasteiger partial charge in [0, 0.05) is 19.8 Å². The highest BCUT2D eigenvalue weighted by molar-refractivity contribution is 7.84. The van der Waals surface area contributed by atoms with Gasteiger partial charge in [-0.25, -0.2) is 0 Å². The number of anilines is 1. The Hall–Kier alpha value is -4.07. The lowest BCUT2D eigenvalue weighted by atomic mass is 9.95. The number of hydrogen-bond donors (Lipinski definition) is 2. The lowest BCUT2D eigenvalue weighted by molar-refractivity contribution is 0.408.